The van der Waals surface area contributed by atoms with E-state index in [0.717, 1.165) is 13.0 Å². The highest BCUT2D eigenvalue weighted by molar-refractivity contribution is 6.06. The zero-order chi connectivity index (χ0) is 13.8. The minimum Gasteiger partial charge on any atom is -0.289 e. The predicted octanol–water partition coefficient (Wildman–Crippen LogP) is 5.43. The van der Waals surface area contributed by atoms with Gasteiger partial charge in [-0.3, -0.25) is 4.99 Å². The molecule has 100 valence electrons. The Morgan fingerprint density at radius 3 is 2.18 bits per heavy atom. The summed E-state index contributed by atoms with van der Waals surface area (Å²) in [7, 11) is 0. The Labute approximate surface area is 109 Å². The van der Waals surface area contributed by atoms with Crippen LogP contribution in [-0.2, 0) is 0 Å². The first-order valence-electron chi connectivity index (χ1n) is 7.07. The van der Waals surface area contributed by atoms with Gasteiger partial charge in [-0.1, -0.05) is 59.3 Å². The summed E-state index contributed by atoms with van der Waals surface area (Å²) in [5.41, 5.74) is 4.10. The van der Waals surface area contributed by atoms with Crippen molar-refractivity contribution in [2.24, 2.45) is 10.9 Å². The summed E-state index contributed by atoms with van der Waals surface area (Å²) < 4.78 is 0. The molecule has 0 bridgehead atoms. The second-order valence-corrected chi connectivity index (χ2v) is 3.78. The summed E-state index contributed by atoms with van der Waals surface area (Å²) in [5.74, 6) is 0.625. The van der Waals surface area contributed by atoms with Gasteiger partial charge in [-0.2, -0.15) is 0 Å². The number of nitrogens with zero attached hydrogens (tertiary/aromatic N) is 1. The van der Waals surface area contributed by atoms with Crippen molar-refractivity contribution in [1.29, 1.82) is 0 Å². The van der Waals surface area contributed by atoms with Gasteiger partial charge in [0.2, 0.25) is 0 Å². The Morgan fingerprint density at radius 1 is 1.24 bits per heavy atom. The predicted molar refractivity (Wildman–Crippen MR) is 82.0 cm³/mol. The molecule has 0 saturated carbocycles. The molecule has 0 spiro atoms. The highest BCUT2D eigenvalue weighted by atomic mass is 14.7. The average Bonchev–Trinajstić information content (AvgIpc) is 2.82. The maximum atomic E-state index is 4.50. The molecular formula is C16H31N. The molecule has 1 aliphatic rings. The number of rotatable bonds is 2. The monoisotopic (exact) mass is 237 g/mol. The smallest absolute Gasteiger partial charge is 0.0457 e. The van der Waals surface area contributed by atoms with Crippen molar-refractivity contribution < 1.29 is 0 Å². The molecule has 0 fully saturated rings. The fourth-order valence-electron chi connectivity index (χ4n) is 1.51. The normalized spacial score (nSPS) is 18.5. The third kappa shape index (κ3) is 6.45. The van der Waals surface area contributed by atoms with Crippen molar-refractivity contribution in [2.45, 2.75) is 61.8 Å². The van der Waals surface area contributed by atoms with Gasteiger partial charge in [-0.05, 0) is 25.3 Å². The average molecular weight is 237 g/mol. The van der Waals surface area contributed by atoms with Gasteiger partial charge >= 0.3 is 0 Å². The Balaban J connectivity index is 0. The van der Waals surface area contributed by atoms with Crippen LogP contribution in [0.25, 0.3) is 0 Å². The van der Waals surface area contributed by atoms with Crippen LogP contribution in [0, 0.1) is 5.92 Å². The van der Waals surface area contributed by atoms with Crippen LogP contribution in [0.15, 0.2) is 28.3 Å². The lowest BCUT2D eigenvalue weighted by Gasteiger charge is -2.09. The maximum Gasteiger partial charge on any atom is 0.0457 e. The van der Waals surface area contributed by atoms with E-state index < -0.39 is 0 Å². The number of aliphatic imine (C=N–C) groups is 1. The Bertz CT molecular complexity index is 267. The first-order chi connectivity index (χ1) is 8.16. The lowest BCUT2D eigenvalue weighted by molar-refractivity contribution is 0.766. The fraction of sp³-hybridized carbons (Fsp3) is 0.688. The third-order valence-electron chi connectivity index (χ3n) is 2.55. The molecule has 0 heterocycles. The zero-order valence-electron chi connectivity index (χ0n) is 13.1. The van der Waals surface area contributed by atoms with Gasteiger partial charge in [0.1, 0.15) is 0 Å². The largest absolute Gasteiger partial charge is 0.289 e. The summed E-state index contributed by atoms with van der Waals surface area (Å²) in [6.45, 7) is 17.7. The van der Waals surface area contributed by atoms with Crippen LogP contribution in [0.5, 0.6) is 0 Å². The number of hydrogen-bond acceptors (Lipinski definition) is 1. The summed E-state index contributed by atoms with van der Waals surface area (Å²) in [6.07, 6.45) is 5.44. The van der Waals surface area contributed by atoms with E-state index in [0.29, 0.717) is 5.92 Å². The van der Waals surface area contributed by atoms with Crippen molar-refractivity contribution in [1.82, 2.24) is 0 Å². The van der Waals surface area contributed by atoms with Crippen molar-refractivity contribution in [3.8, 4) is 0 Å². The Morgan fingerprint density at radius 2 is 1.76 bits per heavy atom. The lowest BCUT2D eigenvalue weighted by atomic mass is 9.97. The SMILES string of the molecule is CC.CC.CCN=C1CC=C/C1=C(/C)C(C)C. The second kappa shape index (κ2) is 11.6. The quantitative estimate of drug-likeness (QED) is 0.607. The summed E-state index contributed by atoms with van der Waals surface area (Å²) in [4.78, 5) is 4.50. The third-order valence-corrected chi connectivity index (χ3v) is 2.55. The van der Waals surface area contributed by atoms with Gasteiger partial charge in [0, 0.05) is 18.7 Å². The standard InChI is InChI=1S/C12H19N.2C2H6/c1-5-13-12-8-6-7-11(12)10(4)9(2)3;2*1-2/h6-7,9H,5,8H2,1-4H3;2*1-2H3/b11-10+,13-12?;;. The van der Waals surface area contributed by atoms with E-state index in [4.69, 9.17) is 0 Å². The number of hydrogen-bond donors (Lipinski definition) is 0. The molecule has 0 amide bonds. The van der Waals surface area contributed by atoms with E-state index in [-0.39, 0.29) is 0 Å². The maximum absolute atomic E-state index is 4.50. The minimum absolute atomic E-state index is 0.625. The van der Waals surface area contributed by atoms with Gasteiger partial charge in [0.05, 0.1) is 0 Å². The van der Waals surface area contributed by atoms with Crippen LogP contribution < -0.4 is 0 Å². The summed E-state index contributed by atoms with van der Waals surface area (Å²) >= 11 is 0. The molecule has 1 aliphatic carbocycles. The molecule has 1 nitrogen and oxygen atoms in total. The molecule has 0 aromatic heterocycles. The van der Waals surface area contributed by atoms with Crippen molar-refractivity contribution >= 4 is 5.71 Å². The Hall–Kier alpha value is -0.850. The summed E-state index contributed by atoms with van der Waals surface area (Å²) in [6, 6.07) is 0. The fourth-order valence-corrected chi connectivity index (χ4v) is 1.51. The molecule has 0 aromatic rings. The van der Waals surface area contributed by atoms with Crippen LogP contribution >= 0.6 is 0 Å². The first kappa shape index (κ1) is 18.5. The van der Waals surface area contributed by atoms with Crippen LogP contribution in [0.3, 0.4) is 0 Å². The molecule has 0 aromatic carbocycles. The van der Waals surface area contributed by atoms with Crippen LogP contribution in [0.1, 0.15) is 61.8 Å². The molecule has 0 aliphatic heterocycles. The molecular weight excluding hydrogens is 206 g/mol. The molecule has 17 heavy (non-hydrogen) atoms. The molecule has 1 rings (SSSR count). The highest BCUT2D eigenvalue weighted by Gasteiger charge is 2.13. The van der Waals surface area contributed by atoms with E-state index in [9.17, 15) is 0 Å². The summed E-state index contributed by atoms with van der Waals surface area (Å²) in [5, 5.41) is 0. The molecule has 0 saturated heterocycles. The van der Waals surface area contributed by atoms with Crippen molar-refractivity contribution in [3.63, 3.8) is 0 Å². The van der Waals surface area contributed by atoms with Gasteiger partial charge in [-0.25, -0.2) is 0 Å². The van der Waals surface area contributed by atoms with Crippen LogP contribution in [0.2, 0.25) is 0 Å². The number of allylic oxidation sites excluding steroid dienone is 4. The topological polar surface area (TPSA) is 12.4 Å². The molecule has 0 N–H and O–H groups in total. The van der Waals surface area contributed by atoms with E-state index in [1.165, 1.54) is 16.9 Å². The van der Waals surface area contributed by atoms with E-state index in [2.05, 4.69) is 44.8 Å². The van der Waals surface area contributed by atoms with Crippen molar-refractivity contribution in [2.75, 3.05) is 6.54 Å². The highest BCUT2D eigenvalue weighted by Crippen LogP contribution is 2.22. The molecule has 1 heteroatoms. The van der Waals surface area contributed by atoms with Gasteiger partial charge in [-0.15, -0.1) is 0 Å². The van der Waals surface area contributed by atoms with Crippen LogP contribution in [0.4, 0.5) is 0 Å². The Kier molecular flexibility index (Phi) is 12.7. The van der Waals surface area contributed by atoms with Gasteiger partial charge < -0.3 is 0 Å². The zero-order valence-corrected chi connectivity index (χ0v) is 13.1. The van der Waals surface area contributed by atoms with E-state index in [1.54, 1.807) is 0 Å². The molecule has 0 radical (unpaired) electrons. The lowest BCUT2D eigenvalue weighted by Crippen LogP contribution is -2.02. The van der Waals surface area contributed by atoms with Crippen LogP contribution in [-0.4, -0.2) is 12.3 Å². The van der Waals surface area contributed by atoms with Crippen molar-refractivity contribution in [3.05, 3.63) is 23.3 Å². The van der Waals surface area contributed by atoms with E-state index in [1.807, 2.05) is 27.7 Å². The van der Waals surface area contributed by atoms with Gasteiger partial charge in [0.25, 0.3) is 0 Å². The molecule has 0 atom stereocenters. The molecule has 0 unspecified atom stereocenters. The second-order valence-electron chi connectivity index (χ2n) is 3.78. The first-order valence-corrected chi connectivity index (χ1v) is 7.07. The minimum atomic E-state index is 0.625. The van der Waals surface area contributed by atoms with Gasteiger partial charge in [0.15, 0.2) is 0 Å². The van der Waals surface area contributed by atoms with E-state index >= 15 is 0 Å².